The maximum atomic E-state index is 9.08. The highest BCUT2D eigenvalue weighted by Crippen LogP contribution is 2.20. The topological polar surface area (TPSA) is 38.7 Å². The van der Waals surface area contributed by atoms with Gasteiger partial charge in [-0.05, 0) is 50.6 Å². The quantitative estimate of drug-likeness (QED) is 0.809. The zero-order valence-corrected chi connectivity index (χ0v) is 13.4. The first-order valence-electron chi connectivity index (χ1n) is 8.21. The molecule has 0 aliphatic carbocycles. The maximum absolute atomic E-state index is 9.08. The van der Waals surface area contributed by atoms with Crippen molar-refractivity contribution in [2.24, 2.45) is 0 Å². The number of nitrogens with zero attached hydrogens (tertiary/aromatic N) is 2. The minimum absolute atomic E-state index is 0.198. The molecule has 21 heavy (non-hydrogen) atoms. The average Bonchev–Trinajstić information content (AvgIpc) is 2.54. The number of nitrogens with one attached hydrogen (secondary N) is 1. The van der Waals surface area contributed by atoms with Crippen molar-refractivity contribution in [3.05, 3.63) is 24.3 Å². The third-order valence-electron chi connectivity index (χ3n) is 4.39. The number of piperidine rings is 1. The molecule has 1 heterocycles. The van der Waals surface area contributed by atoms with Crippen LogP contribution in [-0.4, -0.2) is 55.4 Å². The van der Waals surface area contributed by atoms with Gasteiger partial charge in [-0.15, -0.1) is 0 Å². The molecule has 0 spiro atoms. The lowest BCUT2D eigenvalue weighted by atomic mass is 10.0. The molecule has 0 bridgehead atoms. The molecule has 0 saturated carbocycles. The molecular weight excluding hydrogens is 262 g/mol. The molecule has 1 saturated heterocycles. The highest BCUT2D eigenvalue weighted by atomic mass is 16.3. The first-order valence-corrected chi connectivity index (χ1v) is 8.21. The van der Waals surface area contributed by atoms with E-state index in [4.69, 9.17) is 5.11 Å². The number of aliphatic hydroxyl groups excluding tert-OH is 1. The van der Waals surface area contributed by atoms with Crippen LogP contribution in [0, 0.1) is 0 Å². The summed E-state index contributed by atoms with van der Waals surface area (Å²) in [6.07, 6.45) is 2.45. The second-order valence-electron chi connectivity index (χ2n) is 5.70. The van der Waals surface area contributed by atoms with Gasteiger partial charge in [0.1, 0.15) is 0 Å². The molecule has 0 unspecified atom stereocenters. The first-order chi connectivity index (χ1) is 10.3. The van der Waals surface area contributed by atoms with Gasteiger partial charge >= 0.3 is 0 Å². The third kappa shape index (κ3) is 4.61. The van der Waals surface area contributed by atoms with Crippen LogP contribution in [0.4, 0.5) is 11.4 Å². The Hall–Kier alpha value is -1.26. The van der Waals surface area contributed by atoms with E-state index in [1.54, 1.807) is 0 Å². The third-order valence-corrected chi connectivity index (χ3v) is 4.39. The molecule has 4 heteroatoms. The van der Waals surface area contributed by atoms with Crippen molar-refractivity contribution < 1.29 is 5.11 Å². The summed E-state index contributed by atoms with van der Waals surface area (Å²) in [5.41, 5.74) is 2.38. The van der Waals surface area contributed by atoms with Crippen LogP contribution in [0.25, 0.3) is 0 Å². The monoisotopic (exact) mass is 291 g/mol. The van der Waals surface area contributed by atoms with E-state index in [1.165, 1.54) is 43.9 Å². The summed E-state index contributed by atoms with van der Waals surface area (Å²) in [6, 6.07) is 9.19. The van der Waals surface area contributed by atoms with E-state index in [9.17, 15) is 0 Å². The van der Waals surface area contributed by atoms with E-state index in [-0.39, 0.29) is 6.61 Å². The van der Waals surface area contributed by atoms with Crippen molar-refractivity contribution in [2.75, 3.05) is 49.5 Å². The van der Waals surface area contributed by atoms with Gasteiger partial charge in [0, 0.05) is 43.6 Å². The summed E-state index contributed by atoms with van der Waals surface area (Å²) in [4.78, 5) is 4.69. The van der Waals surface area contributed by atoms with E-state index in [0.717, 1.165) is 6.54 Å². The molecule has 1 aliphatic heterocycles. The average molecular weight is 291 g/mol. The molecule has 1 aromatic rings. The number of hydrogen-bond donors (Lipinski definition) is 2. The zero-order valence-electron chi connectivity index (χ0n) is 13.4. The predicted molar refractivity (Wildman–Crippen MR) is 90.2 cm³/mol. The van der Waals surface area contributed by atoms with Crippen molar-refractivity contribution >= 4 is 11.4 Å². The molecule has 0 amide bonds. The van der Waals surface area contributed by atoms with Crippen LogP contribution in [0.15, 0.2) is 24.3 Å². The van der Waals surface area contributed by atoms with Crippen LogP contribution >= 0.6 is 0 Å². The SMILES string of the molecule is CCN1CCC(Nc2ccc(N(CC)CCO)cc2)CC1. The molecule has 0 aromatic heterocycles. The first kappa shape index (κ1) is 16.1. The minimum Gasteiger partial charge on any atom is -0.395 e. The standard InChI is InChI=1S/C17H29N3O/c1-3-19-11-9-16(10-12-19)18-15-5-7-17(8-6-15)20(4-2)13-14-21/h5-8,16,18,21H,3-4,9-14H2,1-2H3. The molecule has 2 N–H and O–H groups in total. The maximum Gasteiger partial charge on any atom is 0.0606 e. The van der Waals surface area contributed by atoms with Crippen molar-refractivity contribution in [3.8, 4) is 0 Å². The summed E-state index contributed by atoms with van der Waals surface area (Å²) in [7, 11) is 0. The minimum atomic E-state index is 0.198. The fourth-order valence-corrected chi connectivity index (χ4v) is 2.99. The summed E-state index contributed by atoms with van der Waals surface area (Å²) in [5.74, 6) is 0. The fourth-order valence-electron chi connectivity index (χ4n) is 2.99. The Balaban J connectivity index is 1.87. The van der Waals surface area contributed by atoms with Gasteiger partial charge in [0.2, 0.25) is 0 Å². The van der Waals surface area contributed by atoms with E-state index in [2.05, 4.69) is 53.2 Å². The van der Waals surface area contributed by atoms with E-state index >= 15 is 0 Å². The Kier molecular flexibility index (Phi) is 6.33. The van der Waals surface area contributed by atoms with E-state index in [1.807, 2.05) is 0 Å². The summed E-state index contributed by atoms with van der Waals surface area (Å²) < 4.78 is 0. The Morgan fingerprint density at radius 3 is 2.38 bits per heavy atom. The van der Waals surface area contributed by atoms with E-state index < -0.39 is 0 Å². The van der Waals surface area contributed by atoms with Gasteiger partial charge in [-0.3, -0.25) is 0 Å². The molecular formula is C17H29N3O. The molecule has 1 aliphatic rings. The number of benzene rings is 1. The summed E-state index contributed by atoms with van der Waals surface area (Å²) in [5, 5.41) is 12.7. The van der Waals surface area contributed by atoms with Crippen LogP contribution in [-0.2, 0) is 0 Å². The predicted octanol–water partition coefficient (Wildman–Crippen LogP) is 2.40. The molecule has 118 valence electrons. The highest BCUT2D eigenvalue weighted by molar-refractivity contribution is 5.55. The number of rotatable bonds is 7. The lowest BCUT2D eigenvalue weighted by Gasteiger charge is -2.32. The molecule has 1 aromatic carbocycles. The molecule has 1 fully saturated rings. The molecule has 0 radical (unpaired) electrons. The normalized spacial score (nSPS) is 16.9. The lowest BCUT2D eigenvalue weighted by Crippen LogP contribution is -2.38. The van der Waals surface area contributed by atoms with Crippen LogP contribution < -0.4 is 10.2 Å². The smallest absolute Gasteiger partial charge is 0.0606 e. The summed E-state index contributed by atoms with van der Waals surface area (Å²) in [6.45, 7) is 9.73. The Morgan fingerprint density at radius 1 is 1.19 bits per heavy atom. The van der Waals surface area contributed by atoms with Gasteiger partial charge in [0.15, 0.2) is 0 Å². The van der Waals surface area contributed by atoms with Crippen molar-refractivity contribution in [2.45, 2.75) is 32.7 Å². The summed E-state index contributed by atoms with van der Waals surface area (Å²) >= 11 is 0. The van der Waals surface area contributed by atoms with Gasteiger partial charge in [0.05, 0.1) is 6.61 Å². The van der Waals surface area contributed by atoms with Crippen molar-refractivity contribution in [3.63, 3.8) is 0 Å². The number of likely N-dealkylation sites (tertiary alicyclic amines) is 1. The van der Waals surface area contributed by atoms with Crippen molar-refractivity contribution in [1.82, 2.24) is 4.90 Å². The zero-order chi connectivity index (χ0) is 15.1. The van der Waals surface area contributed by atoms with Crippen LogP contribution in [0.1, 0.15) is 26.7 Å². The molecule has 4 nitrogen and oxygen atoms in total. The number of aliphatic hydroxyl groups is 1. The Bertz CT molecular complexity index is 399. The Labute approximate surface area is 128 Å². The molecule has 2 rings (SSSR count). The number of likely N-dealkylation sites (N-methyl/N-ethyl adjacent to an activating group) is 1. The number of anilines is 2. The Morgan fingerprint density at radius 2 is 1.86 bits per heavy atom. The van der Waals surface area contributed by atoms with Gasteiger partial charge in [-0.25, -0.2) is 0 Å². The van der Waals surface area contributed by atoms with Crippen LogP contribution in [0.5, 0.6) is 0 Å². The van der Waals surface area contributed by atoms with Crippen LogP contribution in [0.2, 0.25) is 0 Å². The second kappa shape index (κ2) is 8.25. The van der Waals surface area contributed by atoms with Gasteiger partial charge in [0.25, 0.3) is 0 Å². The lowest BCUT2D eigenvalue weighted by molar-refractivity contribution is 0.229. The van der Waals surface area contributed by atoms with Crippen LogP contribution in [0.3, 0.4) is 0 Å². The van der Waals surface area contributed by atoms with E-state index in [0.29, 0.717) is 12.6 Å². The number of hydrogen-bond acceptors (Lipinski definition) is 4. The second-order valence-corrected chi connectivity index (χ2v) is 5.70. The molecule has 0 atom stereocenters. The fraction of sp³-hybridized carbons (Fsp3) is 0.647. The van der Waals surface area contributed by atoms with Gasteiger partial charge < -0.3 is 20.2 Å². The van der Waals surface area contributed by atoms with Crippen molar-refractivity contribution in [1.29, 1.82) is 0 Å². The van der Waals surface area contributed by atoms with Gasteiger partial charge in [-0.2, -0.15) is 0 Å². The highest BCUT2D eigenvalue weighted by Gasteiger charge is 2.17. The van der Waals surface area contributed by atoms with Gasteiger partial charge in [-0.1, -0.05) is 6.92 Å². The largest absolute Gasteiger partial charge is 0.395 e.